The Labute approximate surface area is 200 Å². The van der Waals surface area contributed by atoms with E-state index in [0.717, 1.165) is 11.1 Å². The van der Waals surface area contributed by atoms with Gasteiger partial charge < -0.3 is 29.2 Å². The van der Waals surface area contributed by atoms with Crippen molar-refractivity contribution in [1.82, 2.24) is 0 Å². The third kappa shape index (κ3) is 7.57. The predicted molar refractivity (Wildman–Crippen MR) is 127 cm³/mol. The highest BCUT2D eigenvalue weighted by molar-refractivity contribution is 5.71. The lowest BCUT2D eigenvalue weighted by molar-refractivity contribution is -0.143. The minimum Gasteiger partial charge on any atom is -0.493 e. The molecule has 0 fully saturated rings. The van der Waals surface area contributed by atoms with Crippen LogP contribution < -0.4 is 18.9 Å². The molecule has 2 N–H and O–H groups in total. The van der Waals surface area contributed by atoms with Crippen molar-refractivity contribution >= 4 is 11.9 Å². The molecule has 0 aromatic heterocycles. The first-order valence-corrected chi connectivity index (χ1v) is 11.2. The number of unbranched alkanes of at least 4 members (excludes halogenated alkanes) is 1. The Kier molecular flexibility index (Phi) is 10.5. The molecule has 8 heteroatoms. The number of benzene rings is 2. The zero-order chi connectivity index (χ0) is 25.1. The minimum atomic E-state index is -0.866. The maximum absolute atomic E-state index is 11.8. The second-order valence-electron chi connectivity index (χ2n) is 8.14. The third-order valence-corrected chi connectivity index (χ3v) is 5.91. The zero-order valence-electron chi connectivity index (χ0n) is 20.2. The van der Waals surface area contributed by atoms with Gasteiger partial charge in [0.05, 0.1) is 40.3 Å². The summed E-state index contributed by atoms with van der Waals surface area (Å²) >= 11 is 0. The summed E-state index contributed by atoms with van der Waals surface area (Å²) in [6, 6.07) is 10.8. The molecular weight excluding hydrogens is 440 g/mol. The van der Waals surface area contributed by atoms with Crippen molar-refractivity contribution in [1.29, 1.82) is 0 Å². The largest absolute Gasteiger partial charge is 0.493 e. The van der Waals surface area contributed by atoms with Gasteiger partial charge in [0.1, 0.15) is 0 Å². The van der Waals surface area contributed by atoms with Crippen molar-refractivity contribution in [3.05, 3.63) is 47.5 Å². The van der Waals surface area contributed by atoms with Crippen molar-refractivity contribution in [2.75, 3.05) is 28.4 Å². The van der Waals surface area contributed by atoms with Crippen LogP contribution in [0.3, 0.4) is 0 Å². The van der Waals surface area contributed by atoms with Crippen LogP contribution in [0.5, 0.6) is 23.0 Å². The Morgan fingerprint density at radius 3 is 1.29 bits per heavy atom. The lowest BCUT2D eigenvalue weighted by atomic mass is 9.90. The molecule has 0 aliphatic rings. The summed E-state index contributed by atoms with van der Waals surface area (Å²) < 4.78 is 21.1. The SMILES string of the molecule is COc1ccc(CC(CCCCC(Cc2ccc(OC)c(OC)c2)C(=O)O)C(=O)O)cc1OC. The first-order valence-electron chi connectivity index (χ1n) is 11.2. The number of carbonyl (C=O) groups is 2. The lowest BCUT2D eigenvalue weighted by Gasteiger charge is -2.16. The molecule has 0 spiro atoms. The fourth-order valence-corrected chi connectivity index (χ4v) is 3.99. The molecule has 8 nitrogen and oxygen atoms in total. The van der Waals surface area contributed by atoms with E-state index in [-0.39, 0.29) is 0 Å². The maximum Gasteiger partial charge on any atom is 0.306 e. The number of rotatable bonds is 15. The van der Waals surface area contributed by atoms with Gasteiger partial charge in [-0.1, -0.05) is 25.0 Å². The molecule has 34 heavy (non-hydrogen) atoms. The van der Waals surface area contributed by atoms with Gasteiger partial charge in [-0.25, -0.2) is 0 Å². The van der Waals surface area contributed by atoms with Crippen LogP contribution in [-0.4, -0.2) is 50.6 Å². The van der Waals surface area contributed by atoms with Crippen LogP contribution in [0, 0.1) is 11.8 Å². The average molecular weight is 475 g/mol. The van der Waals surface area contributed by atoms with Crippen LogP contribution >= 0.6 is 0 Å². The Hall–Kier alpha value is -3.42. The Bertz CT molecular complexity index is 878. The number of methoxy groups -OCH3 is 4. The first-order chi connectivity index (χ1) is 16.3. The molecule has 0 saturated carbocycles. The van der Waals surface area contributed by atoms with Gasteiger partial charge in [-0.2, -0.15) is 0 Å². The number of carboxylic acids is 2. The summed E-state index contributed by atoms with van der Waals surface area (Å²) in [6.07, 6.45) is 2.91. The molecule has 2 aromatic carbocycles. The van der Waals surface area contributed by atoms with E-state index < -0.39 is 23.8 Å². The molecule has 2 rings (SSSR count). The molecule has 0 radical (unpaired) electrons. The molecule has 2 atom stereocenters. The molecule has 2 unspecified atom stereocenters. The summed E-state index contributed by atoms with van der Waals surface area (Å²) in [5.74, 6) is -0.559. The highest BCUT2D eigenvalue weighted by atomic mass is 16.5. The highest BCUT2D eigenvalue weighted by Gasteiger charge is 2.21. The van der Waals surface area contributed by atoms with Gasteiger partial charge in [0.15, 0.2) is 23.0 Å². The van der Waals surface area contributed by atoms with Gasteiger partial charge in [0.25, 0.3) is 0 Å². The van der Waals surface area contributed by atoms with Gasteiger partial charge in [-0.3, -0.25) is 9.59 Å². The van der Waals surface area contributed by atoms with Crippen LogP contribution in [0.1, 0.15) is 36.8 Å². The summed E-state index contributed by atoms with van der Waals surface area (Å²) in [4.78, 5) is 23.6. The molecule has 0 aliphatic carbocycles. The lowest BCUT2D eigenvalue weighted by Crippen LogP contribution is -2.18. The smallest absolute Gasteiger partial charge is 0.306 e. The second-order valence-corrected chi connectivity index (χ2v) is 8.14. The van der Waals surface area contributed by atoms with Crippen molar-refractivity contribution < 1.29 is 38.7 Å². The van der Waals surface area contributed by atoms with Gasteiger partial charge in [0.2, 0.25) is 0 Å². The number of ether oxygens (including phenoxy) is 4. The predicted octanol–water partition coefficient (Wildman–Crippen LogP) is 4.47. The van der Waals surface area contributed by atoms with E-state index in [4.69, 9.17) is 18.9 Å². The van der Waals surface area contributed by atoms with Gasteiger partial charge in [-0.05, 0) is 61.1 Å². The standard InChI is InChI=1S/C26H34O8/c1-31-21-11-9-17(15-23(21)33-3)13-19(25(27)28)7-5-6-8-20(26(29)30)14-18-10-12-22(32-2)24(16-18)34-4/h9-12,15-16,19-20H,5-8,13-14H2,1-4H3,(H,27,28)(H,29,30). The second kappa shape index (κ2) is 13.3. The van der Waals surface area contributed by atoms with E-state index in [0.29, 0.717) is 61.5 Å². The molecule has 0 aliphatic heterocycles. The fraction of sp³-hybridized carbons (Fsp3) is 0.462. The van der Waals surface area contributed by atoms with E-state index in [9.17, 15) is 19.8 Å². The van der Waals surface area contributed by atoms with E-state index in [2.05, 4.69) is 0 Å². The molecule has 0 bridgehead atoms. The highest BCUT2D eigenvalue weighted by Crippen LogP contribution is 2.31. The van der Waals surface area contributed by atoms with Crippen LogP contribution in [-0.2, 0) is 22.4 Å². The molecular formula is C26H34O8. The number of hydrogen-bond acceptors (Lipinski definition) is 6. The van der Waals surface area contributed by atoms with Crippen molar-refractivity contribution in [2.24, 2.45) is 11.8 Å². The summed E-state index contributed by atoms with van der Waals surface area (Å²) in [5, 5.41) is 19.3. The van der Waals surface area contributed by atoms with E-state index in [1.807, 2.05) is 12.1 Å². The third-order valence-electron chi connectivity index (χ3n) is 5.91. The molecule has 186 valence electrons. The number of aliphatic carboxylic acids is 2. The van der Waals surface area contributed by atoms with Crippen LogP contribution in [0.4, 0.5) is 0 Å². The Morgan fingerprint density at radius 1 is 0.647 bits per heavy atom. The van der Waals surface area contributed by atoms with Crippen LogP contribution in [0.25, 0.3) is 0 Å². The minimum absolute atomic E-state index is 0.365. The monoisotopic (exact) mass is 474 g/mol. The van der Waals surface area contributed by atoms with Crippen LogP contribution in [0.15, 0.2) is 36.4 Å². The van der Waals surface area contributed by atoms with Gasteiger partial charge >= 0.3 is 11.9 Å². The normalized spacial score (nSPS) is 12.5. The Balaban J connectivity index is 1.93. The fourth-order valence-electron chi connectivity index (χ4n) is 3.99. The summed E-state index contributed by atoms with van der Waals surface area (Å²) in [7, 11) is 6.18. The van der Waals surface area contributed by atoms with E-state index >= 15 is 0 Å². The van der Waals surface area contributed by atoms with Crippen molar-refractivity contribution in [3.63, 3.8) is 0 Å². The molecule has 0 heterocycles. The molecule has 0 amide bonds. The Morgan fingerprint density at radius 2 is 1.00 bits per heavy atom. The molecule has 2 aromatic rings. The maximum atomic E-state index is 11.8. The van der Waals surface area contributed by atoms with Gasteiger partial charge in [-0.15, -0.1) is 0 Å². The van der Waals surface area contributed by atoms with E-state index in [1.54, 1.807) is 38.5 Å². The van der Waals surface area contributed by atoms with E-state index in [1.165, 1.54) is 14.2 Å². The number of carboxylic acid groups (broad SMARTS) is 2. The van der Waals surface area contributed by atoms with Gasteiger partial charge in [0, 0.05) is 0 Å². The zero-order valence-corrected chi connectivity index (χ0v) is 20.2. The number of hydrogen-bond donors (Lipinski definition) is 2. The van der Waals surface area contributed by atoms with Crippen molar-refractivity contribution in [2.45, 2.75) is 38.5 Å². The quantitative estimate of drug-likeness (QED) is 0.364. The topological polar surface area (TPSA) is 112 Å². The first kappa shape index (κ1) is 26.8. The van der Waals surface area contributed by atoms with Crippen molar-refractivity contribution in [3.8, 4) is 23.0 Å². The van der Waals surface area contributed by atoms with Crippen LogP contribution in [0.2, 0.25) is 0 Å². The summed E-state index contributed by atoms with van der Waals surface area (Å²) in [5.41, 5.74) is 1.70. The average Bonchev–Trinajstić information content (AvgIpc) is 2.84. The summed E-state index contributed by atoms with van der Waals surface area (Å²) in [6.45, 7) is 0. The molecule has 0 saturated heterocycles.